The van der Waals surface area contributed by atoms with Crippen molar-refractivity contribution in [1.82, 2.24) is 10.2 Å². The van der Waals surface area contributed by atoms with Gasteiger partial charge in [0.25, 0.3) is 5.91 Å². The van der Waals surface area contributed by atoms with Crippen LogP contribution < -0.4 is 14.8 Å². The largest absolute Gasteiger partial charge is 0.490 e. The Balaban J connectivity index is 1.73. The van der Waals surface area contributed by atoms with Crippen molar-refractivity contribution in [3.63, 3.8) is 0 Å². The molecule has 3 rings (SSSR count). The molecule has 0 aliphatic heterocycles. The zero-order valence-electron chi connectivity index (χ0n) is 20.5. The second kappa shape index (κ2) is 12.2. The first-order valence-electron chi connectivity index (χ1n) is 11.9. The van der Waals surface area contributed by atoms with Gasteiger partial charge in [0.05, 0.1) is 12.0 Å². The Hall–Kier alpha value is -3.62. The number of ether oxygens (including phenoxy) is 2. The number of nitrogens with zero attached hydrogens (tertiary/aromatic N) is 2. The number of nitro benzene ring substituents is 1. The van der Waals surface area contributed by atoms with Crippen LogP contribution in [-0.4, -0.2) is 47.4 Å². The third-order valence-electron chi connectivity index (χ3n) is 6.30. The molecule has 0 aromatic heterocycles. The fraction of sp³-hybridized carbons (Fsp3) is 0.462. The lowest BCUT2D eigenvalue weighted by molar-refractivity contribution is -0.385. The number of carbonyl (C=O) groups excluding carboxylic acids is 2. The average molecular weight is 484 g/mol. The van der Waals surface area contributed by atoms with Gasteiger partial charge in [0.1, 0.15) is 11.8 Å². The van der Waals surface area contributed by atoms with E-state index in [1.807, 2.05) is 31.2 Å². The third kappa shape index (κ3) is 7.18. The monoisotopic (exact) mass is 483 g/mol. The van der Waals surface area contributed by atoms with Crippen LogP contribution in [0.4, 0.5) is 5.69 Å². The molecule has 0 saturated heterocycles. The lowest BCUT2D eigenvalue weighted by Gasteiger charge is -2.31. The second-order valence-electron chi connectivity index (χ2n) is 8.91. The molecule has 2 amide bonds. The topological polar surface area (TPSA) is 111 Å². The number of carbonyl (C=O) groups is 2. The van der Waals surface area contributed by atoms with Gasteiger partial charge >= 0.3 is 5.69 Å². The molecule has 1 atom stereocenters. The second-order valence-corrected chi connectivity index (χ2v) is 8.91. The minimum atomic E-state index is -0.694. The number of rotatable bonds is 10. The Morgan fingerprint density at radius 3 is 2.46 bits per heavy atom. The van der Waals surface area contributed by atoms with Crippen LogP contribution in [-0.2, 0) is 16.1 Å². The van der Waals surface area contributed by atoms with Crippen molar-refractivity contribution in [3.05, 3.63) is 63.7 Å². The molecule has 0 radical (unpaired) electrons. The van der Waals surface area contributed by atoms with Gasteiger partial charge in [-0.05, 0) is 38.3 Å². The number of nitrogens with one attached hydrogen (secondary N) is 1. The van der Waals surface area contributed by atoms with E-state index in [2.05, 4.69) is 5.32 Å². The molecule has 0 unspecified atom stereocenters. The van der Waals surface area contributed by atoms with Crippen LogP contribution in [0, 0.1) is 17.0 Å². The summed E-state index contributed by atoms with van der Waals surface area (Å²) in [7, 11) is 1.33. The van der Waals surface area contributed by atoms with Crippen LogP contribution >= 0.6 is 0 Å². The molecule has 1 fully saturated rings. The lowest BCUT2D eigenvalue weighted by Crippen LogP contribution is -2.51. The predicted octanol–water partition coefficient (Wildman–Crippen LogP) is 4.16. The number of benzene rings is 2. The van der Waals surface area contributed by atoms with Gasteiger partial charge in [-0.25, -0.2) is 0 Å². The van der Waals surface area contributed by atoms with Crippen molar-refractivity contribution in [3.8, 4) is 11.5 Å². The first kappa shape index (κ1) is 26.0. The van der Waals surface area contributed by atoms with Crippen LogP contribution in [0.5, 0.6) is 11.5 Å². The molecule has 0 heterocycles. The van der Waals surface area contributed by atoms with Gasteiger partial charge in [0.2, 0.25) is 11.7 Å². The molecule has 9 nitrogen and oxygen atoms in total. The van der Waals surface area contributed by atoms with Crippen molar-refractivity contribution in [2.45, 2.75) is 64.6 Å². The molecule has 2 aromatic rings. The van der Waals surface area contributed by atoms with Gasteiger partial charge in [-0.2, -0.15) is 0 Å². The van der Waals surface area contributed by atoms with E-state index in [9.17, 15) is 19.7 Å². The highest BCUT2D eigenvalue weighted by Gasteiger charge is 2.28. The summed E-state index contributed by atoms with van der Waals surface area (Å²) >= 11 is 0. The highest BCUT2D eigenvalue weighted by Crippen LogP contribution is 2.30. The van der Waals surface area contributed by atoms with Gasteiger partial charge in [-0.1, -0.05) is 49.1 Å². The van der Waals surface area contributed by atoms with Gasteiger partial charge < -0.3 is 19.7 Å². The minimum Gasteiger partial charge on any atom is -0.490 e. The minimum absolute atomic E-state index is 0.0386. The van der Waals surface area contributed by atoms with Gasteiger partial charge in [0.15, 0.2) is 6.61 Å². The van der Waals surface area contributed by atoms with Crippen LogP contribution in [0.1, 0.15) is 50.2 Å². The predicted molar refractivity (Wildman–Crippen MR) is 131 cm³/mol. The lowest BCUT2D eigenvalue weighted by atomic mass is 9.95. The zero-order valence-corrected chi connectivity index (χ0v) is 20.5. The van der Waals surface area contributed by atoms with Crippen molar-refractivity contribution in [1.29, 1.82) is 0 Å². The van der Waals surface area contributed by atoms with Crippen LogP contribution in [0.25, 0.3) is 0 Å². The highest BCUT2D eigenvalue weighted by atomic mass is 16.6. The highest BCUT2D eigenvalue weighted by molar-refractivity contribution is 5.88. The summed E-state index contributed by atoms with van der Waals surface area (Å²) in [6, 6.07) is 11.3. The summed E-state index contributed by atoms with van der Waals surface area (Å²) in [4.78, 5) is 38.3. The molecule has 0 spiro atoms. The summed E-state index contributed by atoms with van der Waals surface area (Å²) in [5.41, 5.74) is 1.81. The molecule has 35 heavy (non-hydrogen) atoms. The molecule has 9 heteroatoms. The summed E-state index contributed by atoms with van der Waals surface area (Å²) < 4.78 is 10.7. The van der Waals surface area contributed by atoms with E-state index in [0.29, 0.717) is 0 Å². The Labute approximate surface area is 205 Å². The number of hydrogen-bond donors (Lipinski definition) is 1. The standard InChI is InChI=1S/C26H33N3O6/c1-18-9-11-20(12-10-18)16-28(19(2)26(31)27-21-7-5-4-6-8-21)25(30)17-35-22-13-14-23(29(32)33)24(15-22)34-3/h9-15,19,21H,4-8,16-17H2,1-3H3,(H,27,31)/t19-/m1/s1. The Morgan fingerprint density at radius 2 is 1.83 bits per heavy atom. The Bertz CT molecular complexity index is 1030. The van der Waals surface area contributed by atoms with Crippen molar-refractivity contribution < 1.29 is 24.0 Å². The van der Waals surface area contributed by atoms with E-state index in [1.165, 1.54) is 36.6 Å². The SMILES string of the molecule is COc1cc(OCC(=O)N(Cc2ccc(C)cc2)[C@H](C)C(=O)NC2CCCCC2)ccc1[N+](=O)[O-]. The molecule has 188 valence electrons. The number of amides is 2. The molecular weight excluding hydrogens is 450 g/mol. The van der Waals surface area contributed by atoms with Crippen LogP contribution in [0.15, 0.2) is 42.5 Å². The maximum Gasteiger partial charge on any atom is 0.311 e. The molecular formula is C26H33N3O6. The normalized spacial score (nSPS) is 14.6. The number of nitro groups is 1. The summed E-state index contributed by atoms with van der Waals surface area (Å²) in [6.45, 7) is 3.64. The molecule has 1 saturated carbocycles. The fourth-order valence-electron chi connectivity index (χ4n) is 4.17. The molecule has 1 aliphatic rings. The van der Waals surface area contributed by atoms with Crippen LogP contribution in [0.3, 0.4) is 0 Å². The summed E-state index contributed by atoms with van der Waals surface area (Å²) in [5.74, 6) is -0.254. The fourth-order valence-corrected chi connectivity index (χ4v) is 4.17. The number of aryl methyl sites for hydroxylation is 1. The molecule has 1 N–H and O–H groups in total. The van der Waals surface area contributed by atoms with Crippen LogP contribution in [0.2, 0.25) is 0 Å². The van der Waals surface area contributed by atoms with Crippen molar-refractivity contribution in [2.24, 2.45) is 0 Å². The van der Waals surface area contributed by atoms with Crippen molar-refractivity contribution in [2.75, 3.05) is 13.7 Å². The quantitative estimate of drug-likeness (QED) is 0.401. The summed E-state index contributed by atoms with van der Waals surface area (Å²) in [6.07, 6.45) is 5.28. The smallest absolute Gasteiger partial charge is 0.311 e. The van der Waals surface area contributed by atoms with E-state index >= 15 is 0 Å². The van der Waals surface area contributed by atoms with Gasteiger partial charge in [-0.3, -0.25) is 19.7 Å². The maximum atomic E-state index is 13.2. The number of methoxy groups -OCH3 is 1. The van der Waals surface area contributed by atoms with E-state index in [0.717, 1.165) is 36.8 Å². The molecule has 0 bridgehead atoms. The van der Waals surface area contributed by atoms with Crippen molar-refractivity contribution >= 4 is 17.5 Å². The summed E-state index contributed by atoms with van der Waals surface area (Å²) in [5, 5.41) is 14.2. The Kier molecular flexibility index (Phi) is 9.05. The number of hydrogen-bond acceptors (Lipinski definition) is 6. The zero-order chi connectivity index (χ0) is 25.4. The maximum absolute atomic E-state index is 13.2. The molecule has 2 aromatic carbocycles. The van der Waals surface area contributed by atoms with Gasteiger partial charge in [-0.15, -0.1) is 0 Å². The molecule has 1 aliphatic carbocycles. The third-order valence-corrected chi connectivity index (χ3v) is 6.30. The van der Waals surface area contributed by atoms with E-state index in [1.54, 1.807) is 6.92 Å². The van der Waals surface area contributed by atoms with E-state index in [4.69, 9.17) is 9.47 Å². The first-order valence-corrected chi connectivity index (χ1v) is 11.9. The first-order chi connectivity index (χ1) is 16.8. The Morgan fingerprint density at radius 1 is 1.14 bits per heavy atom. The average Bonchev–Trinajstić information content (AvgIpc) is 2.86. The van der Waals surface area contributed by atoms with Gasteiger partial charge in [0, 0.05) is 24.7 Å². The van der Waals surface area contributed by atoms with E-state index < -0.39 is 11.0 Å². The van der Waals surface area contributed by atoms with E-state index in [-0.39, 0.29) is 48.2 Å².